The molecule has 10 nitrogen and oxygen atoms in total. The molecule has 0 unspecified atom stereocenters. The van der Waals surface area contributed by atoms with Crippen LogP contribution in [0.15, 0.2) is 17.1 Å². The van der Waals surface area contributed by atoms with Gasteiger partial charge in [-0.1, -0.05) is 0 Å². The quantitative estimate of drug-likeness (QED) is 0.597. The fourth-order valence-corrected chi connectivity index (χ4v) is 3.38. The molecule has 1 aliphatic heterocycles. The first-order valence-corrected chi connectivity index (χ1v) is 8.54. The Balaban J connectivity index is 2.43. The Hall–Kier alpha value is -3.21. The molecule has 1 fully saturated rings. The highest BCUT2D eigenvalue weighted by atomic mass is 19.1. The van der Waals surface area contributed by atoms with Crippen molar-refractivity contribution in [1.29, 1.82) is 0 Å². The van der Waals surface area contributed by atoms with Crippen LogP contribution in [0.4, 0.5) is 15.8 Å². The molecule has 0 spiro atoms. The van der Waals surface area contributed by atoms with Crippen LogP contribution in [0.1, 0.15) is 10.4 Å². The molecular formula is C17H20FN5O5. The van der Waals surface area contributed by atoms with Gasteiger partial charge >= 0.3 is 11.7 Å². The van der Waals surface area contributed by atoms with Crippen molar-refractivity contribution >= 4 is 28.2 Å². The smallest absolute Gasteiger partial charge is 0.341 e. The zero-order valence-corrected chi connectivity index (χ0v) is 15.7. The Morgan fingerprint density at radius 3 is 2.39 bits per heavy atom. The first-order valence-electron chi connectivity index (χ1n) is 8.54. The number of carbonyl (C=O) groups is 1. The number of hydrogen-bond acceptors (Lipinski definition) is 7. The molecule has 1 N–H and O–H groups in total. The van der Waals surface area contributed by atoms with Gasteiger partial charge in [-0.25, -0.2) is 9.18 Å². The summed E-state index contributed by atoms with van der Waals surface area (Å²) in [6.45, 7) is 1.98. The van der Waals surface area contributed by atoms with Crippen LogP contribution in [0.2, 0.25) is 0 Å². The highest BCUT2D eigenvalue weighted by Crippen LogP contribution is 2.38. The minimum Gasteiger partial charge on any atom is -0.477 e. The molecule has 2 aromatic rings. The molecule has 0 aliphatic carbocycles. The lowest BCUT2D eigenvalue weighted by molar-refractivity contribution is -0.382. The minimum atomic E-state index is -1.49. The van der Waals surface area contributed by atoms with Crippen molar-refractivity contribution in [2.75, 3.05) is 57.2 Å². The minimum absolute atomic E-state index is 0.139. The van der Waals surface area contributed by atoms with Gasteiger partial charge in [0.25, 0.3) is 0 Å². The van der Waals surface area contributed by atoms with Gasteiger partial charge in [-0.05, 0) is 13.1 Å². The molecule has 1 saturated heterocycles. The molecule has 1 aliphatic rings. The van der Waals surface area contributed by atoms with Crippen LogP contribution in [0.3, 0.4) is 0 Å². The fourth-order valence-electron chi connectivity index (χ4n) is 3.38. The van der Waals surface area contributed by atoms with E-state index in [0.29, 0.717) is 26.2 Å². The van der Waals surface area contributed by atoms with Crippen molar-refractivity contribution in [1.82, 2.24) is 9.58 Å². The predicted molar refractivity (Wildman–Crippen MR) is 102 cm³/mol. The Bertz CT molecular complexity index is 1030. The number of hydrogen-bond donors (Lipinski definition) is 1. The average molecular weight is 393 g/mol. The van der Waals surface area contributed by atoms with Crippen LogP contribution in [0.25, 0.3) is 10.9 Å². The van der Waals surface area contributed by atoms with Crippen LogP contribution < -0.4 is 15.3 Å². The molecule has 0 amide bonds. The van der Waals surface area contributed by atoms with Crippen LogP contribution in [-0.4, -0.2) is 72.9 Å². The van der Waals surface area contributed by atoms with E-state index >= 15 is 0 Å². The number of pyridine rings is 1. The molecule has 1 aromatic carbocycles. The highest BCUT2D eigenvalue weighted by Gasteiger charge is 2.33. The van der Waals surface area contributed by atoms with Crippen molar-refractivity contribution in [3.63, 3.8) is 0 Å². The van der Waals surface area contributed by atoms with E-state index in [9.17, 15) is 29.2 Å². The van der Waals surface area contributed by atoms with Crippen molar-refractivity contribution < 1.29 is 19.2 Å². The number of carboxylic acids is 1. The molecule has 28 heavy (non-hydrogen) atoms. The maximum atomic E-state index is 15.0. The summed E-state index contributed by atoms with van der Waals surface area (Å²) < 4.78 is 16.2. The normalized spacial score (nSPS) is 15.1. The molecule has 1 aromatic heterocycles. The third kappa shape index (κ3) is 3.13. The first kappa shape index (κ1) is 19.5. The third-order valence-electron chi connectivity index (χ3n) is 4.83. The molecule has 0 atom stereocenters. The second-order valence-corrected chi connectivity index (χ2v) is 6.87. The van der Waals surface area contributed by atoms with Crippen molar-refractivity contribution in [2.24, 2.45) is 0 Å². The lowest BCUT2D eigenvalue weighted by Crippen LogP contribution is -2.45. The zero-order chi connectivity index (χ0) is 20.7. The first-order chi connectivity index (χ1) is 13.1. The fraction of sp³-hybridized carbons (Fsp3) is 0.412. The second-order valence-electron chi connectivity index (χ2n) is 6.87. The number of nitro groups is 1. The van der Waals surface area contributed by atoms with Crippen LogP contribution in [-0.2, 0) is 0 Å². The SMILES string of the molecule is CN1CCN(c2c(F)cc3c(=O)c(C(=O)O)cn(N(C)C)c3c2[N+](=O)[O-])CC1. The summed E-state index contributed by atoms with van der Waals surface area (Å²) in [6.07, 6.45) is 1.02. The largest absolute Gasteiger partial charge is 0.477 e. The van der Waals surface area contributed by atoms with Gasteiger partial charge in [0.2, 0.25) is 5.43 Å². The standard InChI is InChI=1S/C17H20FN5O5/c1-19(2)22-9-11(17(25)26)16(24)10-8-12(18)14(15(13(10)22)23(27)28)21-6-4-20(3)5-7-21/h8-9H,4-7H2,1-3H3,(H,25,26). The van der Waals surface area contributed by atoms with Gasteiger partial charge in [-0.2, -0.15) is 0 Å². The van der Waals surface area contributed by atoms with Gasteiger partial charge in [0.05, 0.1) is 10.3 Å². The number of anilines is 1. The van der Waals surface area contributed by atoms with Gasteiger partial charge in [0, 0.05) is 46.5 Å². The van der Waals surface area contributed by atoms with Gasteiger partial charge in [0.1, 0.15) is 5.56 Å². The number of nitro benzene ring substituents is 1. The van der Waals surface area contributed by atoms with Gasteiger partial charge in [-0.15, -0.1) is 0 Å². The van der Waals surface area contributed by atoms with E-state index in [2.05, 4.69) is 0 Å². The zero-order valence-electron chi connectivity index (χ0n) is 15.7. The van der Waals surface area contributed by atoms with E-state index in [1.165, 1.54) is 23.8 Å². The molecule has 2 heterocycles. The summed E-state index contributed by atoms with van der Waals surface area (Å²) in [5, 5.41) is 22.3. The second kappa shape index (κ2) is 7.08. The maximum Gasteiger partial charge on any atom is 0.341 e. The van der Waals surface area contributed by atoms with Crippen molar-refractivity contribution in [2.45, 2.75) is 0 Å². The number of halogens is 1. The monoisotopic (exact) mass is 393 g/mol. The Morgan fingerprint density at radius 1 is 1.29 bits per heavy atom. The number of nitrogens with zero attached hydrogens (tertiary/aromatic N) is 5. The van der Waals surface area contributed by atoms with Crippen LogP contribution in [0, 0.1) is 15.9 Å². The lowest BCUT2D eigenvalue weighted by atomic mass is 10.1. The Labute approximate surface area is 159 Å². The van der Waals surface area contributed by atoms with Crippen molar-refractivity contribution in [3.05, 3.63) is 44.0 Å². The summed E-state index contributed by atoms with van der Waals surface area (Å²) >= 11 is 0. The van der Waals surface area contributed by atoms with E-state index < -0.39 is 33.4 Å². The number of carboxylic acid groups (broad SMARTS) is 1. The Kier molecular flexibility index (Phi) is 4.94. The van der Waals surface area contributed by atoms with E-state index in [1.807, 2.05) is 11.9 Å². The molecular weight excluding hydrogens is 373 g/mol. The average Bonchev–Trinajstić information content (AvgIpc) is 2.61. The molecule has 0 bridgehead atoms. The van der Waals surface area contributed by atoms with Gasteiger partial charge < -0.3 is 19.9 Å². The van der Waals surface area contributed by atoms with Gasteiger partial charge in [0.15, 0.2) is 17.0 Å². The summed E-state index contributed by atoms with van der Waals surface area (Å²) in [4.78, 5) is 38.8. The summed E-state index contributed by atoms with van der Waals surface area (Å²) in [5.74, 6) is -2.41. The van der Waals surface area contributed by atoms with Crippen molar-refractivity contribution in [3.8, 4) is 0 Å². The molecule has 0 saturated carbocycles. The van der Waals surface area contributed by atoms with Crippen LogP contribution >= 0.6 is 0 Å². The molecule has 150 valence electrons. The molecule has 3 rings (SSSR count). The number of fused-ring (bicyclic) bond motifs is 1. The van der Waals surface area contributed by atoms with E-state index in [1.54, 1.807) is 4.90 Å². The summed E-state index contributed by atoms with van der Waals surface area (Å²) in [6, 6.07) is 0.894. The predicted octanol–water partition coefficient (Wildman–Crippen LogP) is 0.696. The number of benzene rings is 1. The molecule has 0 radical (unpaired) electrons. The summed E-state index contributed by atoms with van der Waals surface area (Å²) in [7, 11) is 4.98. The summed E-state index contributed by atoms with van der Waals surface area (Å²) in [5.41, 5.74) is -2.44. The number of aromatic carboxylic acids is 1. The highest BCUT2D eigenvalue weighted by molar-refractivity contribution is 5.99. The van der Waals surface area contributed by atoms with Crippen LogP contribution in [0.5, 0.6) is 0 Å². The number of rotatable bonds is 4. The topological polar surface area (TPSA) is 112 Å². The van der Waals surface area contributed by atoms with E-state index in [-0.39, 0.29) is 16.6 Å². The number of likely N-dealkylation sites (N-methyl/N-ethyl adjacent to an activating group) is 1. The maximum absolute atomic E-state index is 15.0. The van der Waals surface area contributed by atoms with E-state index in [0.717, 1.165) is 12.3 Å². The Morgan fingerprint density at radius 2 is 1.89 bits per heavy atom. The van der Waals surface area contributed by atoms with E-state index in [4.69, 9.17) is 0 Å². The third-order valence-corrected chi connectivity index (χ3v) is 4.83. The number of aromatic nitrogens is 1. The lowest BCUT2D eigenvalue weighted by Gasteiger charge is -2.34. The molecule has 11 heteroatoms. The number of piperazine rings is 1. The van der Waals surface area contributed by atoms with Gasteiger partial charge in [-0.3, -0.25) is 19.6 Å².